The van der Waals surface area contributed by atoms with Crippen LogP contribution in [0.15, 0.2) is 72.8 Å². The Morgan fingerprint density at radius 2 is 1.48 bits per heavy atom. The molecule has 0 radical (unpaired) electrons. The van der Waals surface area contributed by atoms with Crippen LogP contribution in [0.4, 0.5) is 4.39 Å². The van der Waals surface area contributed by atoms with Gasteiger partial charge in [0.2, 0.25) is 0 Å². The van der Waals surface area contributed by atoms with Gasteiger partial charge in [-0.05, 0) is 28.3 Å². The lowest BCUT2D eigenvalue weighted by Gasteiger charge is -2.11. The Kier molecular flexibility index (Phi) is 3.69. The third kappa shape index (κ3) is 2.95. The molecule has 0 saturated heterocycles. The SMILES string of the molecule is Oc1cc(F)ccc1Cc1ccccc1-c1ccccc1. The van der Waals surface area contributed by atoms with Crippen molar-refractivity contribution >= 4 is 0 Å². The fourth-order valence-electron chi connectivity index (χ4n) is 2.47. The molecule has 0 saturated carbocycles. The quantitative estimate of drug-likeness (QED) is 0.730. The molecule has 0 amide bonds. The van der Waals surface area contributed by atoms with Gasteiger partial charge in [-0.25, -0.2) is 4.39 Å². The minimum atomic E-state index is -0.424. The molecule has 3 aromatic rings. The normalized spacial score (nSPS) is 10.5. The highest BCUT2D eigenvalue weighted by atomic mass is 19.1. The Morgan fingerprint density at radius 3 is 2.24 bits per heavy atom. The van der Waals surface area contributed by atoms with Crippen molar-refractivity contribution in [3.8, 4) is 16.9 Å². The van der Waals surface area contributed by atoms with Gasteiger partial charge in [0.25, 0.3) is 0 Å². The van der Waals surface area contributed by atoms with Crippen LogP contribution in [0.1, 0.15) is 11.1 Å². The van der Waals surface area contributed by atoms with Gasteiger partial charge in [0.1, 0.15) is 11.6 Å². The molecule has 104 valence electrons. The summed E-state index contributed by atoms with van der Waals surface area (Å²) in [5.74, 6) is -0.426. The predicted molar refractivity (Wildman–Crippen MR) is 82.7 cm³/mol. The molecule has 0 aliphatic rings. The molecule has 0 fully saturated rings. The van der Waals surface area contributed by atoms with Crippen molar-refractivity contribution in [2.24, 2.45) is 0 Å². The van der Waals surface area contributed by atoms with Crippen molar-refractivity contribution in [1.82, 2.24) is 0 Å². The number of benzene rings is 3. The summed E-state index contributed by atoms with van der Waals surface area (Å²) in [6.45, 7) is 0. The van der Waals surface area contributed by atoms with E-state index < -0.39 is 5.82 Å². The highest BCUT2D eigenvalue weighted by Gasteiger charge is 2.08. The van der Waals surface area contributed by atoms with Gasteiger partial charge in [0, 0.05) is 12.5 Å². The van der Waals surface area contributed by atoms with Gasteiger partial charge in [0.05, 0.1) is 0 Å². The zero-order valence-corrected chi connectivity index (χ0v) is 11.5. The van der Waals surface area contributed by atoms with Gasteiger partial charge in [-0.3, -0.25) is 0 Å². The first-order valence-corrected chi connectivity index (χ1v) is 6.85. The molecule has 2 heteroatoms. The van der Waals surface area contributed by atoms with Crippen molar-refractivity contribution in [2.45, 2.75) is 6.42 Å². The molecule has 0 aliphatic heterocycles. The lowest BCUT2D eigenvalue weighted by molar-refractivity contribution is 0.463. The van der Waals surface area contributed by atoms with Gasteiger partial charge < -0.3 is 5.11 Å². The van der Waals surface area contributed by atoms with E-state index in [0.29, 0.717) is 6.42 Å². The number of aromatic hydroxyl groups is 1. The number of hydrogen-bond donors (Lipinski definition) is 1. The van der Waals surface area contributed by atoms with Crippen molar-refractivity contribution in [3.05, 3.63) is 89.7 Å². The first-order chi connectivity index (χ1) is 10.2. The first-order valence-electron chi connectivity index (χ1n) is 6.85. The Morgan fingerprint density at radius 1 is 0.762 bits per heavy atom. The first kappa shape index (κ1) is 13.4. The second-order valence-electron chi connectivity index (χ2n) is 4.97. The second kappa shape index (κ2) is 5.80. The Labute approximate surface area is 123 Å². The lowest BCUT2D eigenvalue weighted by atomic mass is 9.95. The van der Waals surface area contributed by atoms with Gasteiger partial charge in [-0.15, -0.1) is 0 Å². The minimum absolute atomic E-state index is 0.00198. The maximum Gasteiger partial charge on any atom is 0.126 e. The van der Waals surface area contributed by atoms with E-state index in [1.54, 1.807) is 6.07 Å². The maximum absolute atomic E-state index is 13.1. The summed E-state index contributed by atoms with van der Waals surface area (Å²) >= 11 is 0. The highest BCUT2D eigenvalue weighted by molar-refractivity contribution is 5.68. The summed E-state index contributed by atoms with van der Waals surface area (Å²) < 4.78 is 13.1. The van der Waals surface area contributed by atoms with E-state index in [4.69, 9.17) is 0 Å². The van der Waals surface area contributed by atoms with Crippen molar-refractivity contribution in [3.63, 3.8) is 0 Å². The lowest BCUT2D eigenvalue weighted by Crippen LogP contribution is -1.93. The molecule has 3 aromatic carbocycles. The summed E-state index contributed by atoms with van der Waals surface area (Å²) in [6.07, 6.45) is 0.567. The zero-order valence-electron chi connectivity index (χ0n) is 11.5. The molecule has 3 rings (SSSR count). The van der Waals surface area contributed by atoms with Crippen molar-refractivity contribution in [1.29, 1.82) is 0 Å². The summed E-state index contributed by atoms with van der Waals surface area (Å²) in [5, 5.41) is 9.87. The van der Waals surface area contributed by atoms with Gasteiger partial charge in [0.15, 0.2) is 0 Å². The van der Waals surface area contributed by atoms with Crippen LogP contribution in [0.2, 0.25) is 0 Å². The molecular weight excluding hydrogens is 263 g/mol. The van der Waals surface area contributed by atoms with E-state index >= 15 is 0 Å². The van der Waals surface area contributed by atoms with E-state index in [2.05, 4.69) is 18.2 Å². The summed E-state index contributed by atoms with van der Waals surface area (Å²) in [5.41, 5.74) is 4.09. The number of hydrogen-bond acceptors (Lipinski definition) is 1. The van der Waals surface area contributed by atoms with Gasteiger partial charge in [-0.2, -0.15) is 0 Å². The minimum Gasteiger partial charge on any atom is -0.508 e. The maximum atomic E-state index is 13.1. The monoisotopic (exact) mass is 278 g/mol. The van der Waals surface area contributed by atoms with Gasteiger partial charge in [-0.1, -0.05) is 60.7 Å². The molecule has 21 heavy (non-hydrogen) atoms. The smallest absolute Gasteiger partial charge is 0.126 e. The molecule has 0 bridgehead atoms. The predicted octanol–water partition coefficient (Wildman–Crippen LogP) is 4.79. The molecule has 1 nitrogen and oxygen atoms in total. The Balaban J connectivity index is 2.00. The van der Waals surface area contributed by atoms with E-state index in [-0.39, 0.29) is 5.75 Å². The summed E-state index contributed by atoms with van der Waals surface area (Å²) in [6, 6.07) is 22.3. The van der Waals surface area contributed by atoms with E-state index in [9.17, 15) is 9.50 Å². The second-order valence-corrected chi connectivity index (χ2v) is 4.97. The Hall–Kier alpha value is -2.61. The highest BCUT2D eigenvalue weighted by Crippen LogP contribution is 2.28. The van der Waals surface area contributed by atoms with Crippen molar-refractivity contribution < 1.29 is 9.50 Å². The van der Waals surface area contributed by atoms with E-state index in [0.717, 1.165) is 28.3 Å². The molecule has 0 aromatic heterocycles. The molecule has 0 atom stereocenters. The fourth-order valence-corrected chi connectivity index (χ4v) is 2.47. The summed E-state index contributed by atoms with van der Waals surface area (Å²) in [7, 11) is 0. The van der Waals surface area contributed by atoms with Crippen molar-refractivity contribution in [2.75, 3.05) is 0 Å². The third-order valence-corrected chi connectivity index (χ3v) is 3.53. The number of rotatable bonds is 3. The van der Waals surface area contributed by atoms with Crippen LogP contribution < -0.4 is 0 Å². The molecular formula is C19H15FO. The third-order valence-electron chi connectivity index (χ3n) is 3.53. The zero-order chi connectivity index (χ0) is 14.7. The van der Waals surface area contributed by atoms with Crippen LogP contribution in [0.5, 0.6) is 5.75 Å². The van der Waals surface area contributed by atoms with Crippen LogP contribution in [0.3, 0.4) is 0 Å². The molecule has 0 unspecified atom stereocenters. The Bertz CT molecular complexity index is 751. The van der Waals surface area contributed by atoms with E-state index in [1.807, 2.05) is 36.4 Å². The number of phenols is 1. The molecule has 0 aliphatic carbocycles. The summed E-state index contributed by atoms with van der Waals surface area (Å²) in [4.78, 5) is 0. The average Bonchev–Trinajstić information content (AvgIpc) is 2.51. The average molecular weight is 278 g/mol. The fraction of sp³-hybridized carbons (Fsp3) is 0.0526. The molecule has 1 N–H and O–H groups in total. The van der Waals surface area contributed by atoms with Crippen LogP contribution in [-0.4, -0.2) is 5.11 Å². The van der Waals surface area contributed by atoms with Crippen LogP contribution in [0, 0.1) is 5.82 Å². The van der Waals surface area contributed by atoms with E-state index in [1.165, 1.54) is 6.07 Å². The number of halogens is 1. The van der Waals surface area contributed by atoms with Crippen LogP contribution >= 0.6 is 0 Å². The van der Waals surface area contributed by atoms with Gasteiger partial charge >= 0.3 is 0 Å². The largest absolute Gasteiger partial charge is 0.508 e. The molecule has 0 heterocycles. The topological polar surface area (TPSA) is 20.2 Å². The number of phenolic OH excluding ortho intramolecular Hbond substituents is 1. The standard InChI is InChI=1S/C19H15FO/c20-17-11-10-16(19(21)13-17)12-15-8-4-5-9-18(15)14-6-2-1-3-7-14/h1-11,13,21H,12H2. The molecule has 0 spiro atoms. The van der Waals surface area contributed by atoms with Crippen LogP contribution in [0.25, 0.3) is 11.1 Å². The van der Waals surface area contributed by atoms with Crippen LogP contribution in [-0.2, 0) is 6.42 Å².